The van der Waals surface area contributed by atoms with Crippen molar-refractivity contribution in [2.24, 2.45) is 0 Å². The summed E-state index contributed by atoms with van der Waals surface area (Å²) in [5.41, 5.74) is 0.627. The molecule has 102 valence electrons. The fourth-order valence-corrected chi connectivity index (χ4v) is 4.01. The van der Waals surface area contributed by atoms with Gasteiger partial charge in [-0.15, -0.1) is 5.10 Å². The third-order valence-electron chi connectivity index (χ3n) is 3.34. The molecule has 0 radical (unpaired) electrons. The Kier molecular flexibility index (Phi) is 4.03. The van der Waals surface area contributed by atoms with Gasteiger partial charge in [-0.2, -0.15) is 5.26 Å². The van der Waals surface area contributed by atoms with Gasteiger partial charge in [0, 0.05) is 9.37 Å². The zero-order valence-electron chi connectivity index (χ0n) is 10.7. The molecule has 0 spiro atoms. The van der Waals surface area contributed by atoms with Gasteiger partial charge in [-0.3, -0.25) is 0 Å². The molecule has 0 N–H and O–H groups in total. The number of hydrogen-bond acceptors (Lipinski definition) is 5. The van der Waals surface area contributed by atoms with Gasteiger partial charge in [-0.05, 0) is 53.2 Å². The minimum atomic E-state index is 0.412. The second kappa shape index (κ2) is 5.94. The van der Waals surface area contributed by atoms with E-state index in [9.17, 15) is 0 Å². The molecule has 1 aromatic heterocycles. The van der Waals surface area contributed by atoms with Gasteiger partial charge in [0.05, 0.1) is 17.7 Å². The highest BCUT2D eigenvalue weighted by atomic mass is 79.9. The van der Waals surface area contributed by atoms with Gasteiger partial charge in [-0.1, -0.05) is 28.8 Å². The smallest absolute Gasteiger partial charge is 0.214 e. The Morgan fingerprint density at radius 1 is 1.30 bits per heavy atom. The van der Waals surface area contributed by atoms with E-state index < -0.39 is 0 Å². The number of benzene rings is 1. The maximum absolute atomic E-state index is 9.01. The molecule has 1 heterocycles. The van der Waals surface area contributed by atoms with E-state index in [0.29, 0.717) is 11.6 Å². The van der Waals surface area contributed by atoms with Gasteiger partial charge in [-0.25, -0.2) is 4.68 Å². The average Bonchev–Trinajstić information content (AvgIpc) is 3.08. The van der Waals surface area contributed by atoms with Crippen molar-refractivity contribution in [3.8, 4) is 6.07 Å². The highest BCUT2D eigenvalue weighted by molar-refractivity contribution is 9.10. The van der Waals surface area contributed by atoms with E-state index in [4.69, 9.17) is 5.26 Å². The summed E-state index contributed by atoms with van der Waals surface area (Å²) in [6.45, 7) is 0. The van der Waals surface area contributed by atoms with Crippen molar-refractivity contribution >= 4 is 27.7 Å². The van der Waals surface area contributed by atoms with Crippen LogP contribution < -0.4 is 0 Å². The number of nitriles is 1. The van der Waals surface area contributed by atoms with E-state index in [1.165, 1.54) is 24.6 Å². The van der Waals surface area contributed by atoms with Crippen LogP contribution in [0, 0.1) is 11.3 Å². The highest BCUT2D eigenvalue weighted by Gasteiger charge is 2.22. The van der Waals surface area contributed by atoms with E-state index in [2.05, 4.69) is 37.5 Å². The molecule has 0 bridgehead atoms. The second-order valence-corrected chi connectivity index (χ2v) is 6.69. The summed E-state index contributed by atoms with van der Waals surface area (Å²) in [4.78, 5) is 0.963. The molecule has 1 aromatic carbocycles. The normalized spacial score (nSPS) is 15.4. The molecule has 20 heavy (non-hydrogen) atoms. The lowest BCUT2D eigenvalue weighted by molar-refractivity contribution is 0.423. The SMILES string of the molecule is N#Cc1cc(Br)cc(Sc2nnnn2C2CCCC2)c1. The molecule has 7 heteroatoms. The van der Waals surface area contributed by atoms with E-state index in [0.717, 1.165) is 27.4 Å². The molecule has 1 aliphatic rings. The lowest BCUT2D eigenvalue weighted by atomic mass is 10.2. The molecule has 2 aromatic rings. The predicted molar refractivity (Wildman–Crippen MR) is 78.3 cm³/mol. The third kappa shape index (κ3) is 2.86. The van der Waals surface area contributed by atoms with Gasteiger partial charge in [0.2, 0.25) is 5.16 Å². The van der Waals surface area contributed by atoms with E-state index in [1.54, 1.807) is 6.07 Å². The molecule has 0 atom stereocenters. The first-order valence-corrected chi connectivity index (χ1v) is 8.03. The van der Waals surface area contributed by atoms with Crippen LogP contribution in [0.1, 0.15) is 37.3 Å². The first kappa shape index (κ1) is 13.6. The van der Waals surface area contributed by atoms with Crippen molar-refractivity contribution in [3.63, 3.8) is 0 Å². The van der Waals surface area contributed by atoms with Crippen molar-refractivity contribution in [1.82, 2.24) is 20.2 Å². The van der Waals surface area contributed by atoms with Gasteiger partial charge in [0.15, 0.2) is 0 Å². The summed E-state index contributed by atoms with van der Waals surface area (Å²) in [5.74, 6) is 0. The minimum absolute atomic E-state index is 0.412. The minimum Gasteiger partial charge on any atom is -0.217 e. The van der Waals surface area contributed by atoms with Crippen LogP contribution in [-0.2, 0) is 0 Å². The van der Waals surface area contributed by atoms with E-state index in [1.807, 2.05) is 16.8 Å². The van der Waals surface area contributed by atoms with Gasteiger partial charge in [0.25, 0.3) is 0 Å². The van der Waals surface area contributed by atoms with Crippen LogP contribution in [0.4, 0.5) is 0 Å². The zero-order chi connectivity index (χ0) is 13.9. The number of aromatic nitrogens is 4. The first-order valence-electron chi connectivity index (χ1n) is 6.42. The number of tetrazole rings is 1. The Labute approximate surface area is 129 Å². The summed E-state index contributed by atoms with van der Waals surface area (Å²) < 4.78 is 2.81. The van der Waals surface area contributed by atoms with Crippen LogP contribution in [0.15, 0.2) is 32.7 Å². The van der Waals surface area contributed by atoms with Crippen LogP contribution >= 0.6 is 27.7 Å². The topological polar surface area (TPSA) is 67.4 Å². The number of nitrogens with zero attached hydrogens (tertiary/aromatic N) is 5. The maximum atomic E-state index is 9.01. The van der Waals surface area contributed by atoms with Crippen LogP contribution in [0.2, 0.25) is 0 Å². The van der Waals surface area contributed by atoms with Crippen LogP contribution in [0.5, 0.6) is 0 Å². The quantitative estimate of drug-likeness (QED) is 0.847. The van der Waals surface area contributed by atoms with E-state index in [-0.39, 0.29) is 0 Å². The standard InChI is InChI=1S/C13H12BrN5S/c14-10-5-9(8-15)6-12(7-10)20-13-16-17-18-19(13)11-3-1-2-4-11/h5-7,11H,1-4H2. The molecule has 0 amide bonds. The molecule has 0 unspecified atom stereocenters. The lowest BCUT2D eigenvalue weighted by Crippen LogP contribution is -2.08. The van der Waals surface area contributed by atoms with Gasteiger partial charge >= 0.3 is 0 Å². The Bertz CT molecular complexity index is 657. The maximum Gasteiger partial charge on any atom is 0.214 e. The van der Waals surface area contributed by atoms with Gasteiger partial charge in [0.1, 0.15) is 0 Å². The fraction of sp³-hybridized carbons (Fsp3) is 0.385. The monoisotopic (exact) mass is 349 g/mol. The van der Waals surface area contributed by atoms with Crippen molar-refractivity contribution in [3.05, 3.63) is 28.2 Å². The second-order valence-electron chi connectivity index (χ2n) is 4.73. The molecule has 1 aliphatic carbocycles. The molecule has 0 aliphatic heterocycles. The lowest BCUT2D eigenvalue weighted by Gasteiger charge is -2.10. The average molecular weight is 350 g/mol. The Morgan fingerprint density at radius 3 is 2.85 bits per heavy atom. The summed E-state index contributed by atoms with van der Waals surface area (Å²) in [6.07, 6.45) is 4.76. The molecular formula is C13H12BrN5S. The van der Waals surface area contributed by atoms with Crippen molar-refractivity contribution in [2.45, 2.75) is 41.8 Å². The highest BCUT2D eigenvalue weighted by Crippen LogP contribution is 2.34. The van der Waals surface area contributed by atoms with Crippen LogP contribution in [0.3, 0.4) is 0 Å². The Hall–Kier alpha value is -1.39. The molecule has 1 saturated carbocycles. The van der Waals surface area contributed by atoms with Crippen LogP contribution in [-0.4, -0.2) is 20.2 Å². The Morgan fingerprint density at radius 2 is 2.10 bits per heavy atom. The summed E-state index contributed by atoms with van der Waals surface area (Å²) in [5, 5.41) is 21.8. The summed E-state index contributed by atoms with van der Waals surface area (Å²) in [7, 11) is 0. The number of hydrogen-bond donors (Lipinski definition) is 0. The van der Waals surface area contributed by atoms with Crippen LogP contribution in [0.25, 0.3) is 0 Å². The molecular weight excluding hydrogens is 338 g/mol. The largest absolute Gasteiger partial charge is 0.217 e. The fourth-order valence-electron chi connectivity index (χ4n) is 2.42. The van der Waals surface area contributed by atoms with Crippen molar-refractivity contribution in [1.29, 1.82) is 5.26 Å². The molecule has 3 rings (SSSR count). The number of halogens is 1. The number of rotatable bonds is 3. The van der Waals surface area contributed by atoms with Crippen molar-refractivity contribution < 1.29 is 0 Å². The Balaban J connectivity index is 1.86. The molecule has 1 fully saturated rings. The predicted octanol–water partition coefficient (Wildman–Crippen LogP) is 3.57. The molecule has 0 saturated heterocycles. The third-order valence-corrected chi connectivity index (χ3v) is 4.72. The molecule has 5 nitrogen and oxygen atoms in total. The summed E-state index contributed by atoms with van der Waals surface area (Å²) in [6, 6.07) is 8.19. The first-order chi connectivity index (χ1) is 9.76. The van der Waals surface area contributed by atoms with E-state index >= 15 is 0 Å². The zero-order valence-corrected chi connectivity index (χ0v) is 13.1. The van der Waals surface area contributed by atoms with Crippen molar-refractivity contribution in [2.75, 3.05) is 0 Å². The van der Waals surface area contributed by atoms with Gasteiger partial charge < -0.3 is 0 Å². The summed E-state index contributed by atoms with van der Waals surface area (Å²) >= 11 is 4.92.